The molecule has 8 nitrogen and oxygen atoms in total. The number of ether oxygens (including phenoxy) is 1. The first-order chi connectivity index (χ1) is 12.1. The van der Waals surface area contributed by atoms with Gasteiger partial charge in [-0.1, -0.05) is 6.07 Å². The fraction of sp³-hybridized carbons (Fsp3) is 0.588. The molecule has 1 rings (SSSR count). The summed E-state index contributed by atoms with van der Waals surface area (Å²) in [6.07, 6.45) is -0.541. The fourth-order valence-corrected chi connectivity index (χ4v) is 3.20. The van der Waals surface area contributed by atoms with E-state index in [2.05, 4.69) is 5.32 Å². The van der Waals surface area contributed by atoms with Gasteiger partial charge in [0.15, 0.2) is 0 Å². The molecule has 0 spiro atoms. The van der Waals surface area contributed by atoms with E-state index in [4.69, 9.17) is 18.3 Å². The molecule has 0 unspecified atom stereocenters. The molecule has 1 aromatic carbocycles. The number of nitrogens with one attached hydrogen (secondary N) is 1. The number of amides is 1. The summed E-state index contributed by atoms with van der Waals surface area (Å²) in [6, 6.07) is 4.85. The summed E-state index contributed by atoms with van der Waals surface area (Å²) in [4.78, 5) is 11.7. The molecule has 0 radical (unpaired) electrons. The Hall–Kier alpha value is -1.60. The van der Waals surface area contributed by atoms with Crippen LogP contribution in [0.4, 0.5) is 4.79 Å². The number of rotatable bonds is 9. The van der Waals surface area contributed by atoms with Crippen LogP contribution in [0.15, 0.2) is 18.2 Å². The monoisotopic (exact) mass is 389 g/mol. The number of alkyl carbamates (subject to hydrolysis) is 1. The van der Waals surface area contributed by atoms with Crippen molar-refractivity contribution in [3.8, 4) is 5.75 Å². The zero-order valence-corrected chi connectivity index (χ0v) is 16.8. The molecule has 9 heteroatoms. The minimum atomic E-state index is -3.75. The Morgan fingerprint density at radius 3 is 2.31 bits per heavy atom. The predicted octanol–water partition coefficient (Wildman–Crippen LogP) is 3.76. The summed E-state index contributed by atoms with van der Waals surface area (Å²) in [5.74, 6) is 0.193. The number of aliphatic hydroxyl groups excluding tert-OH is 1. The molecule has 1 amide bonds. The Balaban J connectivity index is 2.83. The molecular weight excluding hydrogens is 361 g/mol. The van der Waals surface area contributed by atoms with Crippen molar-refractivity contribution in [3.63, 3.8) is 0 Å². The summed E-state index contributed by atoms with van der Waals surface area (Å²) in [5.41, 5.74) is 0.528. The molecule has 0 fully saturated rings. The van der Waals surface area contributed by atoms with E-state index in [9.17, 15) is 14.5 Å². The SMILES string of the molecule is CCOP(=O)(OCC)Oc1ccc(CNC(=O)OC(C)(C)C)cc1CO. The number of phosphoric ester groups is 1. The molecular formula is C17H28NO7P. The third kappa shape index (κ3) is 7.74. The van der Waals surface area contributed by atoms with Gasteiger partial charge in [-0.2, -0.15) is 0 Å². The Bertz CT molecular complexity index is 632. The molecule has 0 aliphatic heterocycles. The van der Waals surface area contributed by atoms with Gasteiger partial charge in [0.1, 0.15) is 11.4 Å². The topological polar surface area (TPSA) is 103 Å². The Morgan fingerprint density at radius 2 is 1.81 bits per heavy atom. The maximum absolute atomic E-state index is 12.5. The predicted molar refractivity (Wildman–Crippen MR) is 96.9 cm³/mol. The molecule has 0 aromatic heterocycles. The lowest BCUT2D eigenvalue weighted by atomic mass is 10.1. The van der Waals surface area contributed by atoms with E-state index < -0.39 is 19.5 Å². The fourth-order valence-electron chi connectivity index (χ4n) is 1.97. The van der Waals surface area contributed by atoms with Gasteiger partial charge in [0.2, 0.25) is 0 Å². The van der Waals surface area contributed by atoms with Gasteiger partial charge in [-0.15, -0.1) is 0 Å². The van der Waals surface area contributed by atoms with Gasteiger partial charge in [0.25, 0.3) is 0 Å². The van der Waals surface area contributed by atoms with Crippen LogP contribution >= 0.6 is 7.82 Å². The normalized spacial score (nSPS) is 11.9. The maximum atomic E-state index is 12.5. The number of hydrogen-bond donors (Lipinski definition) is 2. The van der Waals surface area contributed by atoms with Gasteiger partial charge in [-0.05, 0) is 52.3 Å². The third-order valence-corrected chi connectivity index (χ3v) is 4.48. The number of carbonyl (C=O) groups excluding carboxylic acids is 1. The lowest BCUT2D eigenvalue weighted by Gasteiger charge is -2.20. The molecule has 148 valence electrons. The van der Waals surface area contributed by atoms with Gasteiger partial charge in [0, 0.05) is 12.1 Å². The van der Waals surface area contributed by atoms with Gasteiger partial charge in [-0.3, -0.25) is 9.05 Å². The Morgan fingerprint density at radius 1 is 1.19 bits per heavy atom. The van der Waals surface area contributed by atoms with E-state index in [0.717, 1.165) is 5.56 Å². The second-order valence-electron chi connectivity index (χ2n) is 6.33. The number of phosphoric acid groups is 1. The molecule has 1 aromatic rings. The highest BCUT2D eigenvalue weighted by molar-refractivity contribution is 7.48. The second-order valence-corrected chi connectivity index (χ2v) is 7.92. The molecule has 26 heavy (non-hydrogen) atoms. The van der Waals surface area contributed by atoms with Crippen molar-refractivity contribution in [1.29, 1.82) is 0 Å². The van der Waals surface area contributed by atoms with E-state index in [1.54, 1.807) is 52.8 Å². The average Bonchev–Trinajstić information content (AvgIpc) is 2.52. The van der Waals surface area contributed by atoms with Gasteiger partial charge >= 0.3 is 13.9 Å². The van der Waals surface area contributed by atoms with E-state index in [0.29, 0.717) is 5.56 Å². The zero-order chi connectivity index (χ0) is 19.8. The van der Waals surface area contributed by atoms with Crippen molar-refractivity contribution in [2.75, 3.05) is 13.2 Å². The van der Waals surface area contributed by atoms with Crippen LogP contribution in [-0.4, -0.2) is 30.0 Å². The number of hydrogen-bond acceptors (Lipinski definition) is 7. The molecule has 0 saturated carbocycles. The summed E-state index contributed by atoms with van der Waals surface area (Å²) < 4.78 is 33.2. The van der Waals surface area contributed by atoms with Crippen LogP contribution in [-0.2, 0) is 31.5 Å². The van der Waals surface area contributed by atoms with Crippen molar-refractivity contribution in [1.82, 2.24) is 5.32 Å². The van der Waals surface area contributed by atoms with Crippen molar-refractivity contribution in [2.45, 2.75) is 53.4 Å². The summed E-state index contributed by atoms with van der Waals surface area (Å²) in [7, 11) is -3.75. The lowest BCUT2D eigenvalue weighted by molar-refractivity contribution is 0.0523. The van der Waals surface area contributed by atoms with E-state index in [-0.39, 0.29) is 32.1 Å². The largest absolute Gasteiger partial charge is 0.530 e. The van der Waals surface area contributed by atoms with Gasteiger partial charge < -0.3 is 19.7 Å². The second kappa shape index (κ2) is 9.92. The number of benzene rings is 1. The highest BCUT2D eigenvalue weighted by atomic mass is 31.2. The van der Waals surface area contributed by atoms with E-state index in [1.807, 2.05) is 0 Å². The minimum Gasteiger partial charge on any atom is -0.444 e. The summed E-state index contributed by atoms with van der Waals surface area (Å²) in [6.45, 7) is 8.85. The van der Waals surface area contributed by atoms with Crippen LogP contribution in [0.25, 0.3) is 0 Å². The molecule has 0 atom stereocenters. The maximum Gasteiger partial charge on any atom is 0.530 e. The van der Waals surface area contributed by atoms with Crippen molar-refractivity contribution >= 4 is 13.9 Å². The van der Waals surface area contributed by atoms with Crippen LogP contribution in [0.1, 0.15) is 45.7 Å². The van der Waals surface area contributed by atoms with Crippen LogP contribution in [0.2, 0.25) is 0 Å². The third-order valence-electron chi connectivity index (χ3n) is 2.92. The minimum absolute atomic E-state index is 0.156. The molecule has 0 bridgehead atoms. The van der Waals surface area contributed by atoms with E-state index >= 15 is 0 Å². The Labute approximate surface area is 154 Å². The molecule has 0 heterocycles. The molecule has 2 N–H and O–H groups in total. The quantitative estimate of drug-likeness (QED) is 0.620. The van der Waals surface area contributed by atoms with Crippen LogP contribution in [0, 0.1) is 0 Å². The summed E-state index contributed by atoms with van der Waals surface area (Å²) in [5, 5.41) is 12.2. The van der Waals surface area contributed by atoms with Crippen molar-refractivity contribution in [2.24, 2.45) is 0 Å². The first-order valence-corrected chi connectivity index (χ1v) is 9.86. The highest BCUT2D eigenvalue weighted by Crippen LogP contribution is 2.50. The number of carbonyl (C=O) groups is 1. The first-order valence-electron chi connectivity index (χ1n) is 8.40. The smallest absolute Gasteiger partial charge is 0.444 e. The zero-order valence-electron chi connectivity index (χ0n) is 15.9. The Kier molecular flexibility index (Phi) is 8.56. The summed E-state index contributed by atoms with van der Waals surface area (Å²) >= 11 is 0. The van der Waals surface area contributed by atoms with Crippen LogP contribution < -0.4 is 9.84 Å². The van der Waals surface area contributed by atoms with Gasteiger partial charge in [-0.25, -0.2) is 9.36 Å². The molecule has 0 aliphatic rings. The standard InChI is InChI=1S/C17H28NO7P/c1-6-22-26(21,23-7-2)25-15-9-8-13(10-14(15)12-19)11-18-16(20)24-17(3,4)5/h8-10,19H,6-7,11-12H2,1-5H3,(H,18,20). The van der Waals surface area contributed by atoms with Crippen molar-refractivity contribution in [3.05, 3.63) is 29.3 Å². The van der Waals surface area contributed by atoms with Gasteiger partial charge in [0.05, 0.1) is 19.8 Å². The average molecular weight is 389 g/mol. The van der Waals surface area contributed by atoms with Crippen LogP contribution in [0.3, 0.4) is 0 Å². The molecule has 0 saturated heterocycles. The first kappa shape index (κ1) is 22.4. The van der Waals surface area contributed by atoms with E-state index in [1.165, 1.54) is 0 Å². The molecule has 0 aliphatic carbocycles. The lowest BCUT2D eigenvalue weighted by Crippen LogP contribution is -2.32. The van der Waals surface area contributed by atoms with Crippen LogP contribution in [0.5, 0.6) is 5.75 Å². The van der Waals surface area contributed by atoms with Crippen molar-refractivity contribution < 1.29 is 32.8 Å². The number of aliphatic hydroxyl groups is 1. The highest BCUT2D eigenvalue weighted by Gasteiger charge is 2.28.